The summed E-state index contributed by atoms with van der Waals surface area (Å²) < 4.78 is 8.70. The first-order valence-corrected chi connectivity index (χ1v) is 6.78. The molecule has 0 radical (unpaired) electrons. The van der Waals surface area contributed by atoms with Crippen LogP contribution in [0.1, 0.15) is 15.9 Å². The third-order valence-corrected chi connectivity index (χ3v) is 2.38. The van der Waals surface area contributed by atoms with Gasteiger partial charge in [0.15, 0.2) is 5.78 Å². The summed E-state index contributed by atoms with van der Waals surface area (Å²) in [5.74, 6) is -0.335. The van der Waals surface area contributed by atoms with Crippen molar-refractivity contribution in [1.29, 1.82) is 0 Å². The lowest BCUT2D eigenvalue weighted by molar-refractivity contribution is -0.385. The molecule has 2 aromatic rings. The number of rotatable bonds is 3. The minimum Gasteiger partial charge on any atom is -0.288 e. The predicted octanol–water partition coefficient (Wildman–Crippen LogP) is 2.45. The van der Waals surface area contributed by atoms with Crippen LogP contribution in [0.5, 0.6) is 0 Å². The first-order chi connectivity index (χ1) is 9.93. The first-order valence-electron chi connectivity index (χ1n) is 5.61. The molecule has 0 aliphatic rings. The van der Waals surface area contributed by atoms with Crippen LogP contribution in [0.25, 0.3) is 0 Å². The largest absolute Gasteiger partial charge is 0.692 e. The highest BCUT2D eigenvalue weighted by atomic mass is 31.1. The zero-order chi connectivity index (χ0) is 15.8. The van der Waals surface area contributed by atoms with Gasteiger partial charge in [-0.3, -0.25) is 14.9 Å². The van der Waals surface area contributed by atoms with E-state index in [9.17, 15) is 14.9 Å². The van der Waals surface area contributed by atoms with E-state index in [4.69, 9.17) is 14.4 Å². The van der Waals surface area contributed by atoms with Crippen molar-refractivity contribution in [2.24, 2.45) is 0 Å². The fourth-order valence-electron chi connectivity index (χ4n) is 1.57. The quantitative estimate of drug-likeness (QED) is 0.389. The maximum absolute atomic E-state index is 12.1. The topological polar surface area (TPSA) is 118 Å². The van der Waals surface area contributed by atoms with Crippen LogP contribution < -0.4 is 0 Å². The molecule has 0 spiro atoms. The Morgan fingerprint density at radius 1 is 1.00 bits per heavy atom. The molecule has 21 heavy (non-hydrogen) atoms. The molecule has 0 aliphatic carbocycles. The molecule has 7 nitrogen and oxygen atoms in total. The Morgan fingerprint density at radius 3 is 2.00 bits per heavy atom. The number of nitrogens with zero attached hydrogens (tertiary/aromatic N) is 1. The van der Waals surface area contributed by atoms with Gasteiger partial charge in [0, 0.05) is 16.2 Å². The van der Waals surface area contributed by atoms with Crippen molar-refractivity contribution >= 4 is 19.7 Å². The summed E-state index contributed by atoms with van der Waals surface area (Å²) >= 11 is 0. The number of para-hydroxylation sites is 1. The summed E-state index contributed by atoms with van der Waals surface area (Å²) in [6.45, 7) is 0. The van der Waals surface area contributed by atoms with E-state index in [1.807, 2.05) is 0 Å². The molecule has 0 bridgehead atoms. The number of carbonyl (C=O) groups excluding carboxylic acids is 1. The third-order valence-electron chi connectivity index (χ3n) is 2.38. The molecule has 0 heterocycles. The van der Waals surface area contributed by atoms with E-state index in [0.717, 1.165) is 0 Å². The number of nitro benzene ring substituents is 1. The summed E-state index contributed by atoms with van der Waals surface area (Å²) in [5.41, 5.74) is 0.395. The average molecular weight is 308 g/mol. The summed E-state index contributed by atoms with van der Waals surface area (Å²) in [6.07, 6.45) is 0. The van der Waals surface area contributed by atoms with E-state index < -0.39 is 13.2 Å². The molecule has 2 rings (SSSR count). The molecule has 0 amide bonds. The van der Waals surface area contributed by atoms with E-state index >= 15 is 0 Å². The lowest BCUT2D eigenvalue weighted by Gasteiger charge is -2.01. The van der Waals surface area contributed by atoms with Crippen molar-refractivity contribution in [3.63, 3.8) is 0 Å². The zero-order valence-corrected chi connectivity index (χ0v) is 11.5. The van der Waals surface area contributed by atoms with Gasteiger partial charge < -0.3 is 0 Å². The molecule has 0 saturated carbocycles. The Balaban J connectivity index is 0.000000491. The molecule has 0 atom stereocenters. The van der Waals surface area contributed by atoms with Gasteiger partial charge in [-0.05, 0) is 6.07 Å². The lowest BCUT2D eigenvalue weighted by Crippen LogP contribution is -2.04. The zero-order valence-electron chi connectivity index (χ0n) is 10.6. The molecule has 2 N–H and O–H groups in total. The number of nitro groups is 1. The number of carbonyl (C=O) groups is 1. The Hall–Kier alpha value is -2.47. The molecule has 0 aliphatic heterocycles. The normalized spacial score (nSPS) is 9.24. The van der Waals surface area contributed by atoms with Gasteiger partial charge in [0.25, 0.3) is 5.69 Å². The van der Waals surface area contributed by atoms with Crippen LogP contribution in [0, 0.1) is 10.1 Å². The molecule has 0 unspecified atom stereocenters. The van der Waals surface area contributed by atoms with Gasteiger partial charge in [0.05, 0.1) is 4.92 Å². The van der Waals surface area contributed by atoms with Crippen molar-refractivity contribution in [3.8, 4) is 0 Å². The summed E-state index contributed by atoms with van der Waals surface area (Å²) in [5, 5.41) is 10.8. The number of hydrogen-bond donors (Lipinski definition) is 2. The third kappa shape index (κ3) is 5.19. The SMILES string of the molecule is O=C(c1ccccc1)c1ccccc1[N+](=O)[O-].O=[P+](O)O. The van der Waals surface area contributed by atoms with E-state index in [1.165, 1.54) is 12.1 Å². The lowest BCUT2D eigenvalue weighted by atomic mass is 10.0. The standard InChI is InChI=1S/C13H9NO3.HO3P/c15-13(10-6-2-1-3-7-10)11-8-4-5-9-12(11)14(16)17;1-4(2)3/h1-9H;(H-,1,2,3)/p+1. The Labute approximate surface area is 120 Å². The van der Waals surface area contributed by atoms with Crippen molar-refractivity contribution in [2.45, 2.75) is 0 Å². The summed E-state index contributed by atoms with van der Waals surface area (Å²) in [7, 11) is -2.87. The van der Waals surface area contributed by atoms with Crippen LogP contribution in [0.15, 0.2) is 54.6 Å². The molecule has 0 aromatic heterocycles. The fourth-order valence-corrected chi connectivity index (χ4v) is 1.57. The van der Waals surface area contributed by atoms with Crippen molar-refractivity contribution in [1.82, 2.24) is 0 Å². The fraction of sp³-hybridized carbons (Fsp3) is 0. The number of hydrogen-bond acceptors (Lipinski definition) is 4. The molecule has 8 heteroatoms. The number of benzene rings is 2. The molecular formula is C13H11NO6P+. The first kappa shape index (κ1) is 16.6. The highest BCUT2D eigenvalue weighted by Gasteiger charge is 2.19. The van der Waals surface area contributed by atoms with Gasteiger partial charge in [-0.2, -0.15) is 0 Å². The van der Waals surface area contributed by atoms with Crippen LogP contribution in [-0.2, 0) is 4.57 Å². The molecular weight excluding hydrogens is 297 g/mol. The van der Waals surface area contributed by atoms with Gasteiger partial charge in [0.2, 0.25) is 0 Å². The van der Waals surface area contributed by atoms with Crippen LogP contribution in [-0.4, -0.2) is 20.5 Å². The molecule has 108 valence electrons. The molecule has 0 saturated heterocycles. The Bertz CT molecular complexity index is 655. The van der Waals surface area contributed by atoms with Gasteiger partial charge >= 0.3 is 8.25 Å². The van der Waals surface area contributed by atoms with Crippen LogP contribution in [0.4, 0.5) is 5.69 Å². The predicted molar refractivity (Wildman–Crippen MR) is 75.0 cm³/mol. The smallest absolute Gasteiger partial charge is 0.288 e. The maximum atomic E-state index is 12.1. The minimum atomic E-state index is -2.87. The van der Waals surface area contributed by atoms with Crippen LogP contribution in [0.3, 0.4) is 0 Å². The summed E-state index contributed by atoms with van der Waals surface area (Å²) in [4.78, 5) is 36.6. The second kappa shape index (κ2) is 7.96. The molecule has 2 aromatic carbocycles. The average Bonchev–Trinajstić information content (AvgIpc) is 2.47. The minimum absolute atomic E-state index is 0.115. The van der Waals surface area contributed by atoms with Crippen molar-refractivity contribution < 1.29 is 24.1 Å². The van der Waals surface area contributed by atoms with Gasteiger partial charge in [-0.1, -0.05) is 42.5 Å². The number of ketones is 1. The van der Waals surface area contributed by atoms with Gasteiger partial charge in [-0.15, -0.1) is 9.79 Å². The van der Waals surface area contributed by atoms with Gasteiger partial charge in [-0.25, -0.2) is 0 Å². The second-order valence-electron chi connectivity index (χ2n) is 3.72. The van der Waals surface area contributed by atoms with Crippen LogP contribution >= 0.6 is 8.25 Å². The van der Waals surface area contributed by atoms with E-state index in [0.29, 0.717) is 5.56 Å². The van der Waals surface area contributed by atoms with Crippen molar-refractivity contribution in [3.05, 3.63) is 75.8 Å². The van der Waals surface area contributed by atoms with E-state index in [-0.39, 0.29) is 17.0 Å². The Morgan fingerprint density at radius 2 is 1.48 bits per heavy atom. The van der Waals surface area contributed by atoms with Crippen LogP contribution in [0.2, 0.25) is 0 Å². The Kier molecular flexibility index (Phi) is 6.29. The second-order valence-corrected chi connectivity index (χ2v) is 4.23. The highest BCUT2D eigenvalue weighted by Crippen LogP contribution is 2.20. The maximum Gasteiger partial charge on any atom is 0.692 e. The highest BCUT2D eigenvalue weighted by molar-refractivity contribution is 7.30. The monoisotopic (exact) mass is 308 g/mol. The summed E-state index contributed by atoms with van der Waals surface area (Å²) in [6, 6.07) is 14.5. The van der Waals surface area contributed by atoms with E-state index in [2.05, 4.69) is 0 Å². The van der Waals surface area contributed by atoms with E-state index in [1.54, 1.807) is 42.5 Å². The molecule has 0 fully saturated rings. The van der Waals surface area contributed by atoms with Gasteiger partial charge in [0.1, 0.15) is 5.56 Å². The van der Waals surface area contributed by atoms with Crippen molar-refractivity contribution in [2.75, 3.05) is 0 Å².